The summed E-state index contributed by atoms with van der Waals surface area (Å²) < 4.78 is 1.86. The fraction of sp³-hybridized carbons (Fsp3) is 0.300. The summed E-state index contributed by atoms with van der Waals surface area (Å²) in [6.45, 7) is 2.81. The van der Waals surface area contributed by atoms with Crippen molar-refractivity contribution in [3.8, 4) is 0 Å². The molecule has 0 radical (unpaired) electrons. The Balaban J connectivity index is 1.92. The molecule has 84 valence electrons. The molecule has 2 rings (SSSR count). The van der Waals surface area contributed by atoms with Gasteiger partial charge in [-0.2, -0.15) is 5.10 Å². The third-order valence-electron chi connectivity index (χ3n) is 2.07. The summed E-state index contributed by atoms with van der Waals surface area (Å²) in [7, 11) is 0. The lowest BCUT2D eigenvalue weighted by Gasteiger charge is -2.13. The van der Waals surface area contributed by atoms with Crippen LogP contribution in [0, 0.1) is 0 Å². The van der Waals surface area contributed by atoms with Gasteiger partial charge in [0.15, 0.2) is 0 Å². The van der Waals surface area contributed by atoms with E-state index in [9.17, 15) is 0 Å². The van der Waals surface area contributed by atoms with Crippen LogP contribution in [-0.4, -0.2) is 25.8 Å². The Morgan fingerprint density at radius 3 is 2.81 bits per heavy atom. The summed E-state index contributed by atoms with van der Waals surface area (Å²) in [5.74, 6) is 0.578. The summed E-state index contributed by atoms with van der Waals surface area (Å²) in [6.07, 6.45) is 6.83. The van der Waals surface area contributed by atoms with Gasteiger partial charge < -0.3 is 11.1 Å². The fourth-order valence-electron chi connectivity index (χ4n) is 1.37. The molecule has 0 aliphatic carbocycles. The standard InChI is InChI=1S/C10H14N6/c1-8(7-16-4-2-3-14-16)15-10-12-5-9(11)6-13-10/h2-6,8H,7,11H2,1H3,(H,12,13,15). The van der Waals surface area contributed by atoms with Crippen LogP contribution in [0.1, 0.15) is 6.92 Å². The third-order valence-corrected chi connectivity index (χ3v) is 2.07. The lowest BCUT2D eigenvalue weighted by Crippen LogP contribution is -2.23. The Hall–Kier alpha value is -2.11. The maximum absolute atomic E-state index is 5.50. The van der Waals surface area contributed by atoms with Crippen LogP contribution in [-0.2, 0) is 6.54 Å². The average molecular weight is 218 g/mol. The number of anilines is 2. The topological polar surface area (TPSA) is 81.7 Å². The third kappa shape index (κ3) is 2.69. The number of nitrogens with zero attached hydrogens (tertiary/aromatic N) is 4. The normalized spacial score (nSPS) is 12.3. The zero-order chi connectivity index (χ0) is 11.4. The summed E-state index contributed by atoms with van der Waals surface area (Å²) in [6, 6.07) is 2.09. The van der Waals surface area contributed by atoms with Crippen molar-refractivity contribution >= 4 is 11.6 Å². The molecule has 0 amide bonds. The molecule has 1 unspecified atom stereocenters. The summed E-state index contributed by atoms with van der Waals surface area (Å²) in [4.78, 5) is 8.14. The quantitative estimate of drug-likeness (QED) is 0.791. The second-order valence-corrected chi connectivity index (χ2v) is 3.61. The largest absolute Gasteiger partial charge is 0.396 e. The van der Waals surface area contributed by atoms with Crippen LogP contribution in [0.2, 0.25) is 0 Å². The second kappa shape index (κ2) is 4.61. The van der Waals surface area contributed by atoms with Gasteiger partial charge in [-0.15, -0.1) is 0 Å². The lowest BCUT2D eigenvalue weighted by atomic mass is 10.3. The molecule has 2 aromatic heterocycles. The molecule has 0 saturated heterocycles. The first-order valence-electron chi connectivity index (χ1n) is 5.05. The summed E-state index contributed by atoms with van der Waals surface area (Å²) >= 11 is 0. The number of aromatic nitrogens is 4. The van der Waals surface area contributed by atoms with E-state index in [1.54, 1.807) is 18.6 Å². The van der Waals surface area contributed by atoms with Crippen LogP contribution in [0.15, 0.2) is 30.9 Å². The molecule has 2 heterocycles. The minimum Gasteiger partial charge on any atom is -0.396 e. The highest BCUT2D eigenvalue weighted by Crippen LogP contribution is 2.03. The highest BCUT2D eigenvalue weighted by molar-refractivity contribution is 5.36. The molecule has 0 fully saturated rings. The second-order valence-electron chi connectivity index (χ2n) is 3.61. The van der Waals surface area contributed by atoms with Crippen molar-refractivity contribution in [2.24, 2.45) is 0 Å². The number of hydrogen-bond donors (Lipinski definition) is 2. The summed E-state index contributed by atoms with van der Waals surface area (Å²) in [5, 5.41) is 7.30. The lowest BCUT2D eigenvalue weighted by molar-refractivity contribution is 0.558. The van der Waals surface area contributed by atoms with E-state index >= 15 is 0 Å². The monoisotopic (exact) mass is 218 g/mol. The van der Waals surface area contributed by atoms with E-state index in [0.717, 1.165) is 6.54 Å². The van der Waals surface area contributed by atoms with E-state index in [1.165, 1.54) is 0 Å². The number of rotatable bonds is 4. The Morgan fingerprint density at radius 2 is 2.19 bits per heavy atom. The molecule has 0 aliphatic heterocycles. The van der Waals surface area contributed by atoms with Crippen LogP contribution >= 0.6 is 0 Å². The number of nitrogens with two attached hydrogens (primary N) is 1. The van der Waals surface area contributed by atoms with Crippen molar-refractivity contribution in [1.29, 1.82) is 0 Å². The maximum atomic E-state index is 5.50. The molecule has 6 heteroatoms. The van der Waals surface area contributed by atoms with Gasteiger partial charge in [0.1, 0.15) is 0 Å². The van der Waals surface area contributed by atoms with Gasteiger partial charge in [-0.05, 0) is 13.0 Å². The molecule has 0 spiro atoms. The van der Waals surface area contributed by atoms with Gasteiger partial charge in [-0.25, -0.2) is 9.97 Å². The molecule has 16 heavy (non-hydrogen) atoms. The van der Waals surface area contributed by atoms with E-state index in [4.69, 9.17) is 5.73 Å². The zero-order valence-corrected chi connectivity index (χ0v) is 9.04. The smallest absolute Gasteiger partial charge is 0.222 e. The van der Waals surface area contributed by atoms with E-state index in [0.29, 0.717) is 11.6 Å². The van der Waals surface area contributed by atoms with Gasteiger partial charge >= 0.3 is 0 Å². The number of nitrogen functional groups attached to an aromatic ring is 1. The molecule has 0 aromatic carbocycles. The van der Waals surface area contributed by atoms with Crippen LogP contribution in [0.5, 0.6) is 0 Å². The predicted octanol–water partition coefficient (Wildman–Crippen LogP) is 0.756. The average Bonchev–Trinajstić information content (AvgIpc) is 2.74. The van der Waals surface area contributed by atoms with Gasteiger partial charge in [-0.3, -0.25) is 4.68 Å². The van der Waals surface area contributed by atoms with E-state index in [1.807, 2.05) is 23.9 Å². The predicted molar refractivity (Wildman–Crippen MR) is 61.8 cm³/mol. The zero-order valence-electron chi connectivity index (χ0n) is 9.04. The molecular weight excluding hydrogens is 204 g/mol. The van der Waals surface area contributed by atoms with Gasteiger partial charge in [0, 0.05) is 18.4 Å². The van der Waals surface area contributed by atoms with Crippen LogP contribution < -0.4 is 11.1 Å². The van der Waals surface area contributed by atoms with Gasteiger partial charge in [-0.1, -0.05) is 0 Å². The first-order valence-corrected chi connectivity index (χ1v) is 5.05. The van der Waals surface area contributed by atoms with Crippen molar-refractivity contribution < 1.29 is 0 Å². The van der Waals surface area contributed by atoms with Crippen LogP contribution in [0.25, 0.3) is 0 Å². The van der Waals surface area contributed by atoms with Crippen molar-refractivity contribution in [3.63, 3.8) is 0 Å². The van der Waals surface area contributed by atoms with E-state index < -0.39 is 0 Å². The SMILES string of the molecule is CC(Cn1cccn1)Nc1ncc(N)cn1. The van der Waals surface area contributed by atoms with Crippen LogP contribution in [0.3, 0.4) is 0 Å². The Morgan fingerprint density at radius 1 is 1.44 bits per heavy atom. The molecule has 0 bridgehead atoms. The van der Waals surface area contributed by atoms with Gasteiger partial charge in [0.2, 0.25) is 5.95 Å². The first-order chi connectivity index (χ1) is 7.74. The molecule has 3 N–H and O–H groups in total. The van der Waals surface area contributed by atoms with Gasteiger partial charge in [0.25, 0.3) is 0 Å². The molecule has 1 atom stereocenters. The highest BCUT2D eigenvalue weighted by Gasteiger charge is 2.04. The summed E-state index contributed by atoms with van der Waals surface area (Å²) in [5.41, 5.74) is 6.06. The molecular formula is C10H14N6. The van der Waals surface area contributed by atoms with Crippen LogP contribution in [0.4, 0.5) is 11.6 Å². The van der Waals surface area contributed by atoms with E-state index in [2.05, 4.69) is 20.4 Å². The molecule has 6 nitrogen and oxygen atoms in total. The van der Waals surface area contributed by atoms with Gasteiger partial charge in [0.05, 0.1) is 24.6 Å². The number of hydrogen-bond acceptors (Lipinski definition) is 5. The fourth-order valence-corrected chi connectivity index (χ4v) is 1.37. The number of nitrogens with one attached hydrogen (secondary N) is 1. The Bertz CT molecular complexity index is 421. The van der Waals surface area contributed by atoms with E-state index in [-0.39, 0.29) is 6.04 Å². The maximum Gasteiger partial charge on any atom is 0.222 e. The minimum absolute atomic E-state index is 0.198. The first kappa shape index (κ1) is 10.4. The molecule has 0 aliphatic rings. The van der Waals surface area contributed by atoms with Crippen molar-refractivity contribution in [2.45, 2.75) is 19.5 Å². The highest BCUT2D eigenvalue weighted by atomic mass is 15.3. The Kier molecular flexibility index (Phi) is 3.00. The van der Waals surface area contributed by atoms with Crippen molar-refractivity contribution in [2.75, 3.05) is 11.1 Å². The molecule has 0 saturated carbocycles. The minimum atomic E-state index is 0.198. The van der Waals surface area contributed by atoms with Crippen molar-refractivity contribution in [3.05, 3.63) is 30.9 Å². The van der Waals surface area contributed by atoms with Crippen molar-refractivity contribution in [1.82, 2.24) is 19.7 Å². The molecule has 2 aromatic rings. The Labute approximate surface area is 93.5 Å².